The SMILES string of the molecule is CCOC(=O)/C(=C\c1ccc(C)cc1)S(=O)(=O)c1ccccc1. The number of esters is 1. The number of hydrogen-bond acceptors (Lipinski definition) is 4. The molecule has 0 aromatic heterocycles. The van der Waals surface area contributed by atoms with E-state index in [1.807, 2.05) is 19.1 Å². The molecule has 0 saturated carbocycles. The molecule has 4 nitrogen and oxygen atoms in total. The Kier molecular flexibility index (Phi) is 5.34. The molecule has 2 aromatic carbocycles. The second-order valence-corrected chi connectivity index (χ2v) is 6.87. The van der Waals surface area contributed by atoms with Crippen molar-refractivity contribution in [3.8, 4) is 0 Å². The van der Waals surface area contributed by atoms with Gasteiger partial charge in [0.15, 0.2) is 4.91 Å². The van der Waals surface area contributed by atoms with Crippen molar-refractivity contribution in [2.75, 3.05) is 6.61 Å². The first kappa shape index (κ1) is 17.0. The molecule has 0 N–H and O–H groups in total. The van der Waals surface area contributed by atoms with Gasteiger partial charge in [-0.2, -0.15) is 0 Å². The van der Waals surface area contributed by atoms with E-state index in [4.69, 9.17) is 4.74 Å². The van der Waals surface area contributed by atoms with Gasteiger partial charge < -0.3 is 4.74 Å². The van der Waals surface area contributed by atoms with Gasteiger partial charge in [-0.3, -0.25) is 0 Å². The fourth-order valence-corrected chi connectivity index (χ4v) is 3.33. The van der Waals surface area contributed by atoms with Crippen molar-refractivity contribution in [2.45, 2.75) is 18.7 Å². The molecule has 0 radical (unpaired) electrons. The summed E-state index contributed by atoms with van der Waals surface area (Å²) in [5.41, 5.74) is 1.67. The topological polar surface area (TPSA) is 60.4 Å². The number of carbonyl (C=O) groups is 1. The third kappa shape index (κ3) is 4.07. The largest absolute Gasteiger partial charge is 0.462 e. The van der Waals surface area contributed by atoms with Gasteiger partial charge >= 0.3 is 5.97 Å². The maximum absolute atomic E-state index is 12.8. The molecule has 2 rings (SSSR count). The van der Waals surface area contributed by atoms with Gasteiger partial charge in [-0.25, -0.2) is 13.2 Å². The Morgan fingerprint density at radius 1 is 1.04 bits per heavy atom. The summed E-state index contributed by atoms with van der Waals surface area (Å²) in [5.74, 6) is -0.850. The number of hydrogen-bond donors (Lipinski definition) is 0. The molecule has 0 aliphatic carbocycles. The first-order valence-corrected chi connectivity index (χ1v) is 8.69. The average molecular weight is 330 g/mol. The second kappa shape index (κ2) is 7.24. The summed E-state index contributed by atoms with van der Waals surface area (Å²) in [6.07, 6.45) is 1.35. The molecule has 0 aliphatic heterocycles. The van der Waals surface area contributed by atoms with Crippen LogP contribution in [0.25, 0.3) is 6.08 Å². The number of ether oxygens (including phenoxy) is 1. The predicted molar refractivity (Wildman–Crippen MR) is 89.4 cm³/mol. The van der Waals surface area contributed by atoms with E-state index in [1.54, 1.807) is 37.3 Å². The smallest absolute Gasteiger partial charge is 0.350 e. The first-order valence-electron chi connectivity index (χ1n) is 7.21. The van der Waals surface area contributed by atoms with Gasteiger partial charge in [-0.15, -0.1) is 0 Å². The highest BCUT2D eigenvalue weighted by Crippen LogP contribution is 2.23. The minimum absolute atomic E-state index is 0.0615. The van der Waals surface area contributed by atoms with Crippen molar-refractivity contribution in [1.29, 1.82) is 0 Å². The lowest BCUT2D eigenvalue weighted by molar-refractivity contribution is -0.137. The molecule has 0 atom stereocenters. The Hall–Kier alpha value is -2.40. The summed E-state index contributed by atoms with van der Waals surface area (Å²) < 4.78 is 30.4. The zero-order chi connectivity index (χ0) is 16.9. The van der Waals surface area contributed by atoms with Gasteiger partial charge in [0.25, 0.3) is 0 Å². The summed E-state index contributed by atoms with van der Waals surface area (Å²) in [7, 11) is -3.94. The molecular formula is C18H18O4S. The van der Waals surface area contributed by atoms with Crippen LogP contribution in [-0.2, 0) is 19.4 Å². The Morgan fingerprint density at radius 2 is 1.65 bits per heavy atom. The fourth-order valence-electron chi connectivity index (χ4n) is 1.99. The molecule has 5 heteroatoms. The fraction of sp³-hybridized carbons (Fsp3) is 0.167. The van der Waals surface area contributed by atoms with Crippen LogP contribution in [0.2, 0.25) is 0 Å². The van der Waals surface area contributed by atoms with Crippen LogP contribution in [0.4, 0.5) is 0 Å². The lowest BCUT2D eigenvalue weighted by Gasteiger charge is -2.09. The van der Waals surface area contributed by atoms with Crippen LogP contribution in [0.15, 0.2) is 64.4 Å². The highest BCUT2D eigenvalue weighted by molar-refractivity contribution is 7.96. The highest BCUT2D eigenvalue weighted by atomic mass is 32.2. The summed E-state index contributed by atoms with van der Waals surface area (Å²) in [4.78, 5) is 11.9. The zero-order valence-corrected chi connectivity index (χ0v) is 13.8. The van der Waals surface area contributed by atoms with Crippen LogP contribution >= 0.6 is 0 Å². The van der Waals surface area contributed by atoms with Crippen LogP contribution in [0.3, 0.4) is 0 Å². The van der Waals surface area contributed by atoms with Crippen LogP contribution in [0.1, 0.15) is 18.1 Å². The van der Waals surface area contributed by atoms with E-state index in [-0.39, 0.29) is 16.4 Å². The van der Waals surface area contributed by atoms with E-state index in [2.05, 4.69) is 0 Å². The van der Waals surface area contributed by atoms with E-state index >= 15 is 0 Å². The minimum Gasteiger partial charge on any atom is -0.462 e. The van der Waals surface area contributed by atoms with Crippen LogP contribution in [0.5, 0.6) is 0 Å². The molecule has 2 aromatic rings. The first-order chi connectivity index (χ1) is 10.9. The zero-order valence-electron chi connectivity index (χ0n) is 13.0. The summed E-state index contributed by atoms with van der Waals surface area (Å²) in [6, 6.07) is 15.1. The van der Waals surface area contributed by atoms with Crippen LogP contribution in [0, 0.1) is 6.92 Å². The molecule has 0 saturated heterocycles. The quantitative estimate of drug-likeness (QED) is 0.623. The Bertz CT molecular complexity index is 804. The molecule has 23 heavy (non-hydrogen) atoms. The van der Waals surface area contributed by atoms with Crippen molar-refractivity contribution in [3.05, 3.63) is 70.6 Å². The summed E-state index contributed by atoms with van der Waals surface area (Å²) >= 11 is 0. The number of aryl methyl sites for hydroxylation is 1. The standard InChI is InChI=1S/C18H18O4S/c1-3-22-18(19)17(13-15-11-9-14(2)10-12-15)23(20,21)16-7-5-4-6-8-16/h4-13H,3H2,1-2H3/b17-13+. The molecular weight excluding hydrogens is 312 g/mol. The molecule has 0 bridgehead atoms. The predicted octanol–water partition coefficient (Wildman–Crippen LogP) is 3.37. The van der Waals surface area contributed by atoms with Crippen molar-refractivity contribution in [2.24, 2.45) is 0 Å². The van der Waals surface area contributed by atoms with Crippen molar-refractivity contribution in [1.82, 2.24) is 0 Å². The maximum atomic E-state index is 12.8. The normalized spacial score (nSPS) is 12.0. The second-order valence-electron chi connectivity index (χ2n) is 4.96. The Labute approximate surface area is 136 Å². The summed E-state index contributed by atoms with van der Waals surface area (Å²) in [5, 5.41) is 0. The highest BCUT2D eigenvalue weighted by Gasteiger charge is 2.28. The van der Waals surface area contributed by atoms with Crippen molar-refractivity contribution < 1.29 is 17.9 Å². The van der Waals surface area contributed by atoms with Crippen molar-refractivity contribution >= 4 is 21.9 Å². The number of carbonyl (C=O) groups excluding carboxylic acids is 1. The monoisotopic (exact) mass is 330 g/mol. The lowest BCUT2D eigenvalue weighted by Crippen LogP contribution is -2.16. The molecule has 0 heterocycles. The molecule has 0 fully saturated rings. The van der Waals surface area contributed by atoms with E-state index < -0.39 is 15.8 Å². The van der Waals surface area contributed by atoms with E-state index in [0.29, 0.717) is 5.56 Å². The third-order valence-electron chi connectivity index (χ3n) is 3.19. The van der Waals surface area contributed by atoms with Gasteiger partial charge in [0.2, 0.25) is 9.84 Å². The number of rotatable bonds is 5. The van der Waals surface area contributed by atoms with Crippen LogP contribution < -0.4 is 0 Å². The Morgan fingerprint density at radius 3 is 2.22 bits per heavy atom. The van der Waals surface area contributed by atoms with Gasteiger partial charge in [0, 0.05) is 0 Å². The molecule has 0 spiro atoms. The van der Waals surface area contributed by atoms with Gasteiger partial charge in [-0.1, -0.05) is 48.0 Å². The molecule has 0 aliphatic rings. The van der Waals surface area contributed by atoms with Gasteiger partial charge in [0.05, 0.1) is 11.5 Å². The van der Waals surface area contributed by atoms with Crippen molar-refractivity contribution in [3.63, 3.8) is 0 Å². The van der Waals surface area contributed by atoms with E-state index in [0.717, 1.165) is 5.56 Å². The van der Waals surface area contributed by atoms with E-state index in [9.17, 15) is 13.2 Å². The number of benzene rings is 2. The van der Waals surface area contributed by atoms with Gasteiger partial charge in [0.1, 0.15) is 0 Å². The van der Waals surface area contributed by atoms with Crippen LogP contribution in [-0.4, -0.2) is 21.0 Å². The molecule has 0 unspecified atom stereocenters. The maximum Gasteiger partial charge on any atom is 0.350 e. The average Bonchev–Trinajstić information content (AvgIpc) is 2.55. The molecule has 0 amide bonds. The summed E-state index contributed by atoms with van der Waals surface area (Å²) in [6.45, 7) is 3.67. The van der Waals surface area contributed by atoms with Gasteiger partial charge in [-0.05, 0) is 37.6 Å². The minimum atomic E-state index is -3.94. The lowest BCUT2D eigenvalue weighted by atomic mass is 10.1. The Balaban J connectivity index is 2.54. The number of sulfone groups is 1. The third-order valence-corrected chi connectivity index (χ3v) is 4.95. The molecule has 120 valence electrons. The van der Waals surface area contributed by atoms with E-state index in [1.165, 1.54) is 18.2 Å².